The maximum atomic E-state index is 13.9. The Morgan fingerprint density at radius 1 is 1.00 bits per heavy atom. The lowest BCUT2D eigenvalue weighted by atomic mass is 9.79. The van der Waals surface area contributed by atoms with E-state index in [0.717, 1.165) is 41.8 Å². The summed E-state index contributed by atoms with van der Waals surface area (Å²) in [5.74, 6) is 2.23. The average Bonchev–Trinajstić information content (AvgIpc) is 3.05. The van der Waals surface area contributed by atoms with Crippen LogP contribution in [-0.2, 0) is 6.54 Å². The summed E-state index contributed by atoms with van der Waals surface area (Å²) in [5, 5.41) is 6.90. The Hall–Kier alpha value is -4.45. The minimum absolute atomic E-state index is 0.0797. The minimum atomic E-state index is -0.0797. The summed E-state index contributed by atoms with van der Waals surface area (Å²) < 4.78 is 1.73. The summed E-state index contributed by atoms with van der Waals surface area (Å²) in [5.41, 5.74) is 7.12. The molecule has 2 N–H and O–H groups in total. The largest absolute Gasteiger partial charge is 0.384 e. The van der Waals surface area contributed by atoms with E-state index < -0.39 is 0 Å². The van der Waals surface area contributed by atoms with E-state index in [2.05, 4.69) is 85.4 Å². The molecule has 0 spiro atoms. The summed E-state index contributed by atoms with van der Waals surface area (Å²) in [7, 11) is 0. The molecule has 0 unspecified atom stereocenters. The molecule has 0 radical (unpaired) electrons. The molecule has 0 aliphatic heterocycles. The van der Waals surface area contributed by atoms with Gasteiger partial charge in [0.25, 0.3) is 5.56 Å². The molecular formula is C38H45N5O. The third kappa shape index (κ3) is 7.93. The molecule has 1 aliphatic carbocycles. The van der Waals surface area contributed by atoms with Gasteiger partial charge in [-0.25, -0.2) is 4.98 Å². The lowest BCUT2D eigenvalue weighted by molar-refractivity contribution is 0.338. The summed E-state index contributed by atoms with van der Waals surface area (Å²) >= 11 is 0. The minimum Gasteiger partial charge on any atom is -0.384 e. The molecule has 0 saturated heterocycles. The van der Waals surface area contributed by atoms with Gasteiger partial charge in [0.1, 0.15) is 11.5 Å². The highest BCUT2D eigenvalue weighted by Crippen LogP contribution is 2.35. The maximum absolute atomic E-state index is 13.9. The Morgan fingerprint density at radius 3 is 2.41 bits per heavy atom. The monoisotopic (exact) mass is 587 g/mol. The van der Waals surface area contributed by atoms with E-state index in [-0.39, 0.29) is 5.56 Å². The van der Waals surface area contributed by atoms with Crippen LogP contribution in [0.15, 0.2) is 108 Å². The van der Waals surface area contributed by atoms with Gasteiger partial charge in [-0.1, -0.05) is 92.7 Å². The van der Waals surface area contributed by atoms with Gasteiger partial charge in [0, 0.05) is 36.7 Å². The smallest absolute Gasteiger partial charge is 0.277 e. The summed E-state index contributed by atoms with van der Waals surface area (Å²) in [6, 6.07) is 22.8. The topological polar surface area (TPSA) is 71.8 Å². The van der Waals surface area contributed by atoms with Gasteiger partial charge in [0.05, 0.1) is 12.7 Å². The first kappa shape index (κ1) is 31.0. The van der Waals surface area contributed by atoms with Crippen molar-refractivity contribution in [3.63, 3.8) is 0 Å². The molecule has 1 fully saturated rings. The van der Waals surface area contributed by atoms with Crippen molar-refractivity contribution in [2.24, 2.45) is 5.92 Å². The number of hydrogen-bond donors (Lipinski definition) is 2. The number of allylic oxidation sites excluding steroid dienone is 1. The number of rotatable bonds is 12. The fourth-order valence-corrected chi connectivity index (χ4v) is 6.15. The lowest BCUT2D eigenvalue weighted by Gasteiger charge is -2.29. The molecule has 5 rings (SSSR count). The first-order valence-electron chi connectivity index (χ1n) is 15.9. The highest BCUT2D eigenvalue weighted by Gasteiger charge is 2.23. The van der Waals surface area contributed by atoms with Gasteiger partial charge in [-0.15, -0.1) is 0 Å². The molecule has 6 heteroatoms. The van der Waals surface area contributed by atoms with Crippen molar-refractivity contribution in [2.75, 3.05) is 18.4 Å². The Morgan fingerprint density at radius 2 is 1.70 bits per heavy atom. The van der Waals surface area contributed by atoms with Gasteiger partial charge >= 0.3 is 0 Å². The standard InChI is InChI=1S/C38H45N5O/c1-27(2)35-19-20-39-24-34(35)21-28(3)22-40-29(4)26-43-37(33-13-9-6-10-14-33)42-25-36(38(43)44)41-23-30-15-17-32(18-16-30)31-11-7-5-8-12-31/h5-14,19-21,24-25,27,30,32,40-41H,4,15-18,22-23,26H2,1-3H3/b28-21+. The van der Waals surface area contributed by atoms with Crippen LogP contribution in [0.4, 0.5) is 5.69 Å². The Balaban J connectivity index is 1.26. The number of aromatic nitrogens is 3. The van der Waals surface area contributed by atoms with E-state index in [9.17, 15) is 4.79 Å². The van der Waals surface area contributed by atoms with Crippen molar-refractivity contribution in [1.82, 2.24) is 19.9 Å². The van der Waals surface area contributed by atoms with Crippen LogP contribution in [0.3, 0.4) is 0 Å². The van der Waals surface area contributed by atoms with Crippen LogP contribution in [0.1, 0.15) is 75.0 Å². The molecule has 44 heavy (non-hydrogen) atoms. The summed E-state index contributed by atoms with van der Waals surface area (Å²) in [6.45, 7) is 12.5. The van der Waals surface area contributed by atoms with Crippen LogP contribution in [-0.4, -0.2) is 27.6 Å². The fraction of sp³-hybridized carbons (Fsp3) is 0.342. The molecule has 1 aliphatic rings. The lowest BCUT2D eigenvalue weighted by Crippen LogP contribution is -2.31. The van der Waals surface area contributed by atoms with Crippen LogP contribution < -0.4 is 16.2 Å². The third-order valence-electron chi connectivity index (χ3n) is 8.66. The second kappa shape index (κ2) is 14.8. The van der Waals surface area contributed by atoms with E-state index in [4.69, 9.17) is 4.98 Å². The Labute approximate surface area is 262 Å². The van der Waals surface area contributed by atoms with E-state index in [1.54, 1.807) is 10.8 Å². The van der Waals surface area contributed by atoms with Gasteiger partial charge < -0.3 is 10.6 Å². The van der Waals surface area contributed by atoms with Gasteiger partial charge in [0.2, 0.25) is 0 Å². The highest BCUT2D eigenvalue weighted by molar-refractivity contribution is 5.58. The average molecular weight is 588 g/mol. The molecule has 0 bridgehead atoms. The number of nitrogens with one attached hydrogen (secondary N) is 2. The van der Waals surface area contributed by atoms with Crippen LogP contribution in [0.25, 0.3) is 17.5 Å². The number of benzene rings is 2. The van der Waals surface area contributed by atoms with Crippen molar-refractivity contribution in [3.05, 3.63) is 130 Å². The molecule has 1 saturated carbocycles. The van der Waals surface area contributed by atoms with E-state index in [0.29, 0.717) is 42.4 Å². The predicted octanol–water partition coefficient (Wildman–Crippen LogP) is 8.02. The Kier molecular flexibility index (Phi) is 10.4. The molecule has 6 nitrogen and oxygen atoms in total. The molecule has 2 aromatic heterocycles. The quantitative estimate of drug-likeness (QED) is 0.176. The van der Waals surface area contributed by atoms with Crippen molar-refractivity contribution < 1.29 is 0 Å². The number of anilines is 1. The molecule has 228 valence electrons. The molecule has 0 amide bonds. The number of nitrogens with zero attached hydrogens (tertiary/aromatic N) is 3. The van der Waals surface area contributed by atoms with Crippen molar-refractivity contribution >= 4 is 11.8 Å². The molecular weight excluding hydrogens is 542 g/mol. The molecule has 2 heterocycles. The van der Waals surface area contributed by atoms with E-state index in [1.165, 1.54) is 24.0 Å². The predicted molar refractivity (Wildman–Crippen MR) is 183 cm³/mol. The van der Waals surface area contributed by atoms with Crippen molar-refractivity contribution in [2.45, 2.75) is 64.8 Å². The molecule has 2 aromatic carbocycles. The van der Waals surface area contributed by atoms with Crippen molar-refractivity contribution in [1.29, 1.82) is 0 Å². The highest BCUT2D eigenvalue weighted by atomic mass is 16.1. The zero-order valence-electron chi connectivity index (χ0n) is 26.3. The van der Waals surface area contributed by atoms with Crippen LogP contribution in [0.5, 0.6) is 0 Å². The number of pyridine rings is 1. The van der Waals surface area contributed by atoms with Crippen LogP contribution in [0.2, 0.25) is 0 Å². The zero-order valence-corrected chi connectivity index (χ0v) is 26.3. The van der Waals surface area contributed by atoms with Gasteiger partial charge in [-0.2, -0.15) is 0 Å². The molecule has 4 aromatic rings. The second-order valence-electron chi connectivity index (χ2n) is 12.4. The van der Waals surface area contributed by atoms with E-state index in [1.807, 2.05) is 42.7 Å². The second-order valence-corrected chi connectivity index (χ2v) is 12.4. The first-order valence-corrected chi connectivity index (χ1v) is 15.9. The van der Waals surface area contributed by atoms with Gasteiger partial charge in [-0.05, 0) is 73.1 Å². The SMILES string of the molecule is C=C(Cn1c(-c2ccccc2)ncc(NCC2CCC(c3ccccc3)CC2)c1=O)NC/C(C)=C/c1cnccc1C(C)C. The summed E-state index contributed by atoms with van der Waals surface area (Å²) in [6.07, 6.45) is 12.3. The van der Waals surface area contributed by atoms with Crippen LogP contribution in [0, 0.1) is 5.92 Å². The summed E-state index contributed by atoms with van der Waals surface area (Å²) in [4.78, 5) is 22.9. The van der Waals surface area contributed by atoms with Crippen LogP contribution >= 0.6 is 0 Å². The maximum Gasteiger partial charge on any atom is 0.277 e. The Bertz CT molecular complexity index is 1620. The van der Waals surface area contributed by atoms with E-state index >= 15 is 0 Å². The van der Waals surface area contributed by atoms with Crippen molar-refractivity contribution in [3.8, 4) is 11.4 Å². The third-order valence-corrected chi connectivity index (χ3v) is 8.66. The van der Waals surface area contributed by atoms with Gasteiger partial charge in [0.15, 0.2) is 0 Å². The van der Waals surface area contributed by atoms with Gasteiger partial charge in [-0.3, -0.25) is 14.3 Å². The normalized spacial score (nSPS) is 17.0. The molecule has 0 atom stereocenters. The fourth-order valence-electron chi connectivity index (χ4n) is 6.15. The first-order chi connectivity index (χ1) is 21.4. The number of hydrogen-bond acceptors (Lipinski definition) is 5. The zero-order chi connectivity index (χ0) is 30.9.